The van der Waals surface area contributed by atoms with Crippen LogP contribution in [0.4, 0.5) is 5.82 Å². The van der Waals surface area contributed by atoms with Crippen molar-refractivity contribution in [2.45, 2.75) is 6.92 Å². The molecule has 0 atom stereocenters. The molecule has 1 heterocycles. The average molecular weight is 184 g/mol. The first-order chi connectivity index (χ1) is 5.61. The van der Waals surface area contributed by atoms with Crippen molar-refractivity contribution >= 4 is 23.9 Å². The molecule has 0 aliphatic rings. The summed E-state index contributed by atoms with van der Waals surface area (Å²) in [6, 6.07) is 4.76. The Labute approximate surface area is 74.4 Å². The zero-order chi connectivity index (χ0) is 9.14. The Balaban J connectivity index is 3.08. The number of aromatic nitrogens is 1. The SMILES string of the molecule is CC(=O)Nc1cccc(=S)n1O. The van der Waals surface area contributed by atoms with Crippen LogP contribution in [-0.4, -0.2) is 15.8 Å². The average Bonchev–Trinajstić information content (AvgIpc) is 1.98. The van der Waals surface area contributed by atoms with Gasteiger partial charge in [-0.1, -0.05) is 18.3 Å². The van der Waals surface area contributed by atoms with Crippen molar-refractivity contribution in [2.24, 2.45) is 0 Å². The van der Waals surface area contributed by atoms with Gasteiger partial charge in [0.25, 0.3) is 0 Å². The van der Waals surface area contributed by atoms with E-state index in [1.165, 1.54) is 6.92 Å². The van der Waals surface area contributed by atoms with Crippen LogP contribution in [0.3, 0.4) is 0 Å². The summed E-state index contributed by atoms with van der Waals surface area (Å²) >= 11 is 4.76. The molecule has 1 amide bonds. The molecular weight excluding hydrogens is 176 g/mol. The summed E-state index contributed by atoms with van der Waals surface area (Å²) in [6.07, 6.45) is 0. The van der Waals surface area contributed by atoms with Gasteiger partial charge in [-0.2, -0.15) is 4.73 Å². The van der Waals surface area contributed by atoms with Gasteiger partial charge >= 0.3 is 0 Å². The summed E-state index contributed by atoms with van der Waals surface area (Å²) in [5.74, 6) is 0.0217. The van der Waals surface area contributed by atoms with E-state index in [0.29, 0.717) is 0 Å². The van der Waals surface area contributed by atoms with Crippen molar-refractivity contribution < 1.29 is 10.0 Å². The topological polar surface area (TPSA) is 54.3 Å². The first kappa shape index (κ1) is 8.73. The number of hydrogen-bond acceptors (Lipinski definition) is 3. The molecule has 2 N–H and O–H groups in total. The number of rotatable bonds is 1. The Bertz CT molecular complexity index is 359. The predicted molar refractivity (Wildman–Crippen MR) is 46.8 cm³/mol. The molecule has 0 saturated carbocycles. The van der Waals surface area contributed by atoms with Gasteiger partial charge in [-0.3, -0.25) is 4.79 Å². The van der Waals surface area contributed by atoms with Gasteiger partial charge in [0.2, 0.25) is 5.91 Å². The molecule has 1 aromatic heterocycles. The lowest BCUT2D eigenvalue weighted by molar-refractivity contribution is -0.114. The third kappa shape index (κ3) is 1.82. The van der Waals surface area contributed by atoms with Crippen molar-refractivity contribution in [3.05, 3.63) is 22.8 Å². The van der Waals surface area contributed by atoms with Crippen molar-refractivity contribution in [2.75, 3.05) is 5.32 Å². The smallest absolute Gasteiger partial charge is 0.222 e. The van der Waals surface area contributed by atoms with E-state index in [1.807, 2.05) is 0 Å². The second-order valence-electron chi connectivity index (χ2n) is 2.24. The molecule has 4 nitrogen and oxygen atoms in total. The second-order valence-corrected chi connectivity index (χ2v) is 2.66. The largest absolute Gasteiger partial charge is 0.426 e. The number of anilines is 1. The van der Waals surface area contributed by atoms with Crippen LogP contribution in [-0.2, 0) is 4.79 Å². The Morgan fingerprint density at radius 2 is 2.33 bits per heavy atom. The van der Waals surface area contributed by atoms with Crippen LogP contribution in [0.25, 0.3) is 0 Å². The molecule has 0 fully saturated rings. The lowest BCUT2D eigenvalue weighted by Crippen LogP contribution is -2.11. The van der Waals surface area contributed by atoms with Gasteiger partial charge in [-0.25, -0.2) is 0 Å². The number of pyridine rings is 1. The molecule has 0 aromatic carbocycles. The Morgan fingerprint density at radius 1 is 1.67 bits per heavy atom. The molecule has 0 aliphatic carbocycles. The van der Waals surface area contributed by atoms with Crippen LogP contribution in [0.1, 0.15) is 6.92 Å². The maximum atomic E-state index is 10.6. The van der Waals surface area contributed by atoms with Crippen LogP contribution in [0.5, 0.6) is 0 Å². The summed E-state index contributed by atoms with van der Waals surface area (Å²) in [7, 11) is 0. The molecule has 0 unspecified atom stereocenters. The number of nitrogens with one attached hydrogen (secondary N) is 1. The summed E-state index contributed by atoms with van der Waals surface area (Å²) in [4.78, 5) is 10.6. The number of nitrogens with zero attached hydrogens (tertiary/aromatic N) is 1. The molecule has 12 heavy (non-hydrogen) atoms. The molecule has 1 rings (SSSR count). The standard InChI is InChI=1S/C7H8N2O2S/c1-5(10)8-6-3-2-4-7(12)9(6)11/h2-4,11H,1H3,(H,8,10). The fraction of sp³-hybridized carbons (Fsp3) is 0.143. The number of carbonyl (C=O) groups excluding carboxylic acids is 1. The van der Waals surface area contributed by atoms with Crippen molar-refractivity contribution in [3.63, 3.8) is 0 Å². The van der Waals surface area contributed by atoms with E-state index in [4.69, 9.17) is 12.2 Å². The lowest BCUT2D eigenvalue weighted by Gasteiger charge is -2.05. The van der Waals surface area contributed by atoms with Crippen LogP contribution in [0, 0.1) is 4.64 Å². The second kappa shape index (κ2) is 3.36. The minimum Gasteiger partial charge on any atom is -0.426 e. The molecule has 0 saturated heterocycles. The maximum absolute atomic E-state index is 10.6. The molecule has 64 valence electrons. The van der Waals surface area contributed by atoms with Gasteiger partial charge in [0.15, 0.2) is 0 Å². The highest BCUT2D eigenvalue weighted by Gasteiger charge is 1.99. The maximum Gasteiger partial charge on any atom is 0.222 e. The first-order valence-corrected chi connectivity index (χ1v) is 3.71. The Hall–Kier alpha value is -1.36. The van der Waals surface area contributed by atoms with E-state index in [0.717, 1.165) is 4.73 Å². The molecule has 0 aliphatic heterocycles. The zero-order valence-electron chi connectivity index (χ0n) is 6.44. The van der Waals surface area contributed by atoms with E-state index in [1.54, 1.807) is 18.2 Å². The molecular formula is C7H8N2O2S. The van der Waals surface area contributed by atoms with Gasteiger partial charge in [-0.05, 0) is 12.1 Å². The van der Waals surface area contributed by atoms with Gasteiger partial charge < -0.3 is 10.5 Å². The highest BCUT2D eigenvalue weighted by Crippen LogP contribution is 2.05. The van der Waals surface area contributed by atoms with Gasteiger partial charge in [0.1, 0.15) is 10.5 Å². The van der Waals surface area contributed by atoms with Crippen molar-refractivity contribution in [1.82, 2.24) is 4.73 Å². The van der Waals surface area contributed by atoms with Crippen molar-refractivity contribution in [1.29, 1.82) is 0 Å². The minimum absolute atomic E-state index is 0.251. The number of carbonyl (C=O) groups is 1. The third-order valence-electron chi connectivity index (χ3n) is 1.23. The van der Waals surface area contributed by atoms with Crippen molar-refractivity contribution in [3.8, 4) is 0 Å². The summed E-state index contributed by atoms with van der Waals surface area (Å²) in [6.45, 7) is 1.36. The lowest BCUT2D eigenvalue weighted by atomic mass is 10.4. The predicted octanol–water partition coefficient (Wildman–Crippen LogP) is 1.41. The first-order valence-electron chi connectivity index (χ1n) is 3.30. The zero-order valence-corrected chi connectivity index (χ0v) is 7.26. The molecule has 0 radical (unpaired) electrons. The van der Waals surface area contributed by atoms with Crippen LogP contribution >= 0.6 is 12.2 Å². The highest BCUT2D eigenvalue weighted by atomic mass is 32.1. The van der Waals surface area contributed by atoms with E-state index in [9.17, 15) is 10.0 Å². The van der Waals surface area contributed by atoms with Gasteiger partial charge in [-0.15, -0.1) is 0 Å². The molecule has 0 bridgehead atoms. The summed E-state index contributed by atoms with van der Waals surface area (Å²) < 4.78 is 0.998. The fourth-order valence-corrected chi connectivity index (χ4v) is 0.933. The molecule has 1 aromatic rings. The third-order valence-corrected chi connectivity index (χ3v) is 1.54. The van der Waals surface area contributed by atoms with Crippen LogP contribution < -0.4 is 5.32 Å². The quantitative estimate of drug-likeness (QED) is 0.512. The fourth-order valence-electron chi connectivity index (χ4n) is 0.756. The number of hydrogen-bond donors (Lipinski definition) is 2. The molecule has 5 heteroatoms. The van der Waals surface area contributed by atoms with Crippen LogP contribution in [0.2, 0.25) is 0 Å². The monoisotopic (exact) mass is 184 g/mol. The normalized spacial score (nSPS) is 9.42. The van der Waals surface area contributed by atoms with Crippen LogP contribution in [0.15, 0.2) is 18.2 Å². The van der Waals surface area contributed by atoms with E-state index in [2.05, 4.69) is 5.32 Å². The Kier molecular flexibility index (Phi) is 2.44. The van der Waals surface area contributed by atoms with E-state index < -0.39 is 0 Å². The molecule has 0 spiro atoms. The Morgan fingerprint density at radius 3 is 2.92 bits per heavy atom. The van der Waals surface area contributed by atoms with E-state index >= 15 is 0 Å². The highest BCUT2D eigenvalue weighted by molar-refractivity contribution is 7.71. The number of amides is 1. The van der Waals surface area contributed by atoms with E-state index in [-0.39, 0.29) is 16.4 Å². The van der Waals surface area contributed by atoms with Gasteiger partial charge in [0.05, 0.1) is 0 Å². The summed E-state index contributed by atoms with van der Waals surface area (Å²) in [5.41, 5.74) is 0. The summed E-state index contributed by atoms with van der Waals surface area (Å²) in [5, 5.41) is 11.7. The van der Waals surface area contributed by atoms with Gasteiger partial charge in [0, 0.05) is 6.92 Å². The minimum atomic E-state index is -0.251.